The second-order valence-corrected chi connectivity index (χ2v) is 4.96. The zero-order chi connectivity index (χ0) is 16.0. The molecule has 6 nitrogen and oxygen atoms in total. The van der Waals surface area contributed by atoms with Crippen molar-refractivity contribution in [3.63, 3.8) is 0 Å². The van der Waals surface area contributed by atoms with Gasteiger partial charge in [0.05, 0.1) is 28.4 Å². The van der Waals surface area contributed by atoms with E-state index in [0.29, 0.717) is 23.8 Å². The van der Waals surface area contributed by atoms with Crippen molar-refractivity contribution >= 4 is 5.97 Å². The van der Waals surface area contributed by atoms with Crippen molar-refractivity contribution in [1.82, 2.24) is 5.32 Å². The lowest BCUT2D eigenvalue weighted by molar-refractivity contribution is -0.147. The zero-order valence-electron chi connectivity index (χ0n) is 13.4. The summed E-state index contributed by atoms with van der Waals surface area (Å²) in [5.41, 5.74) is 0.0551. The van der Waals surface area contributed by atoms with Crippen molar-refractivity contribution in [3.8, 4) is 17.2 Å². The fourth-order valence-corrected chi connectivity index (χ4v) is 1.95. The number of ether oxygens (including phenoxy) is 4. The molecule has 1 N–H and O–H groups in total. The summed E-state index contributed by atoms with van der Waals surface area (Å²) in [5, 5.41) is 3.14. The molecule has 0 atom stereocenters. The van der Waals surface area contributed by atoms with E-state index in [9.17, 15) is 4.79 Å². The summed E-state index contributed by atoms with van der Waals surface area (Å²) in [5.74, 6) is 1.35. The quantitative estimate of drug-likeness (QED) is 0.774. The maximum absolute atomic E-state index is 11.7. The van der Waals surface area contributed by atoms with Gasteiger partial charge in [-0.1, -0.05) is 6.07 Å². The van der Waals surface area contributed by atoms with Gasteiger partial charge in [-0.05, 0) is 19.9 Å². The molecule has 6 heteroatoms. The number of hydrogen-bond acceptors (Lipinski definition) is 6. The van der Waals surface area contributed by atoms with E-state index in [4.69, 9.17) is 18.9 Å². The Morgan fingerprint density at radius 1 is 1.05 bits per heavy atom. The van der Waals surface area contributed by atoms with Gasteiger partial charge in [0.2, 0.25) is 5.75 Å². The van der Waals surface area contributed by atoms with Crippen molar-refractivity contribution in [2.24, 2.45) is 0 Å². The minimum absolute atomic E-state index is 0.332. The standard InChI is InChI=1S/C15H23NO5/c1-15(2,14(17)21-6)16-9-10-7-8-11(18-3)13(20-5)12(10)19-4/h7-8,16H,9H2,1-6H3. The van der Waals surface area contributed by atoms with Crippen LogP contribution >= 0.6 is 0 Å². The molecule has 0 saturated heterocycles. The minimum atomic E-state index is -0.799. The first-order valence-electron chi connectivity index (χ1n) is 6.52. The Bertz CT molecular complexity index is 499. The summed E-state index contributed by atoms with van der Waals surface area (Å²) in [6, 6.07) is 3.66. The van der Waals surface area contributed by atoms with Crippen LogP contribution in [-0.4, -0.2) is 39.9 Å². The lowest BCUT2D eigenvalue weighted by Gasteiger charge is -2.24. The van der Waals surface area contributed by atoms with Crippen LogP contribution in [0.2, 0.25) is 0 Å². The second kappa shape index (κ2) is 7.17. The molecule has 0 aliphatic carbocycles. The fraction of sp³-hybridized carbons (Fsp3) is 0.533. The van der Waals surface area contributed by atoms with Gasteiger partial charge in [0.1, 0.15) is 5.54 Å². The number of benzene rings is 1. The normalized spacial score (nSPS) is 11.0. The molecular formula is C15H23NO5. The predicted molar refractivity (Wildman–Crippen MR) is 79.0 cm³/mol. The Balaban J connectivity index is 3.01. The van der Waals surface area contributed by atoms with Crippen molar-refractivity contribution in [1.29, 1.82) is 0 Å². The minimum Gasteiger partial charge on any atom is -0.493 e. The molecular weight excluding hydrogens is 274 g/mol. The highest BCUT2D eigenvalue weighted by molar-refractivity contribution is 5.79. The maximum Gasteiger partial charge on any atom is 0.325 e. The van der Waals surface area contributed by atoms with E-state index in [1.165, 1.54) is 7.11 Å². The largest absolute Gasteiger partial charge is 0.493 e. The van der Waals surface area contributed by atoms with E-state index in [2.05, 4.69) is 5.32 Å². The Hall–Kier alpha value is -1.95. The third-order valence-electron chi connectivity index (χ3n) is 3.20. The van der Waals surface area contributed by atoms with Gasteiger partial charge >= 0.3 is 5.97 Å². The van der Waals surface area contributed by atoms with E-state index in [0.717, 1.165) is 5.56 Å². The molecule has 118 valence electrons. The van der Waals surface area contributed by atoms with E-state index >= 15 is 0 Å². The number of hydrogen-bond donors (Lipinski definition) is 1. The highest BCUT2D eigenvalue weighted by Gasteiger charge is 2.28. The molecule has 0 bridgehead atoms. The van der Waals surface area contributed by atoms with Crippen molar-refractivity contribution < 1.29 is 23.7 Å². The number of carbonyl (C=O) groups is 1. The molecule has 0 spiro atoms. The van der Waals surface area contributed by atoms with Gasteiger partial charge in [-0.25, -0.2) is 0 Å². The van der Waals surface area contributed by atoms with Crippen LogP contribution in [0.25, 0.3) is 0 Å². The van der Waals surface area contributed by atoms with Gasteiger partial charge in [0.25, 0.3) is 0 Å². The number of rotatable bonds is 7. The van der Waals surface area contributed by atoms with Gasteiger partial charge in [0.15, 0.2) is 11.5 Å². The molecule has 0 saturated carbocycles. The van der Waals surface area contributed by atoms with Crippen LogP contribution in [0.1, 0.15) is 19.4 Å². The first-order chi connectivity index (χ1) is 9.91. The molecule has 21 heavy (non-hydrogen) atoms. The van der Waals surface area contributed by atoms with Crippen LogP contribution in [0.15, 0.2) is 12.1 Å². The van der Waals surface area contributed by atoms with Crippen molar-refractivity contribution in [2.45, 2.75) is 25.9 Å². The molecule has 0 fully saturated rings. The Labute approximate surface area is 125 Å². The summed E-state index contributed by atoms with van der Waals surface area (Å²) < 4.78 is 20.7. The maximum atomic E-state index is 11.7. The number of esters is 1. The molecule has 1 aromatic rings. The summed E-state index contributed by atoms with van der Waals surface area (Å²) in [6.45, 7) is 3.93. The zero-order valence-corrected chi connectivity index (χ0v) is 13.4. The SMILES string of the molecule is COC(=O)C(C)(C)NCc1ccc(OC)c(OC)c1OC. The lowest BCUT2D eigenvalue weighted by Crippen LogP contribution is -2.47. The third-order valence-corrected chi connectivity index (χ3v) is 3.20. The van der Waals surface area contributed by atoms with Crippen LogP contribution < -0.4 is 19.5 Å². The first-order valence-corrected chi connectivity index (χ1v) is 6.52. The van der Waals surface area contributed by atoms with Crippen LogP contribution in [0.3, 0.4) is 0 Å². The van der Waals surface area contributed by atoms with Crippen LogP contribution in [0.5, 0.6) is 17.2 Å². The Morgan fingerprint density at radius 3 is 2.14 bits per heavy atom. The highest BCUT2D eigenvalue weighted by atomic mass is 16.5. The van der Waals surface area contributed by atoms with Crippen LogP contribution in [-0.2, 0) is 16.1 Å². The lowest BCUT2D eigenvalue weighted by atomic mass is 10.0. The highest BCUT2D eigenvalue weighted by Crippen LogP contribution is 2.39. The summed E-state index contributed by atoms with van der Waals surface area (Å²) in [6.07, 6.45) is 0. The van der Waals surface area contributed by atoms with E-state index in [1.54, 1.807) is 41.2 Å². The smallest absolute Gasteiger partial charge is 0.325 e. The number of carbonyl (C=O) groups excluding carboxylic acids is 1. The third kappa shape index (κ3) is 3.78. The second-order valence-electron chi connectivity index (χ2n) is 4.96. The summed E-state index contributed by atoms with van der Waals surface area (Å²) in [7, 11) is 6.04. The van der Waals surface area contributed by atoms with Gasteiger partial charge in [-0.2, -0.15) is 0 Å². The topological polar surface area (TPSA) is 66.0 Å². The van der Waals surface area contributed by atoms with E-state index in [-0.39, 0.29) is 5.97 Å². The molecule has 0 amide bonds. The van der Waals surface area contributed by atoms with E-state index in [1.807, 2.05) is 6.07 Å². The molecule has 1 rings (SSSR count). The van der Waals surface area contributed by atoms with E-state index < -0.39 is 5.54 Å². The van der Waals surface area contributed by atoms with Gasteiger partial charge in [-0.15, -0.1) is 0 Å². The van der Waals surface area contributed by atoms with Crippen molar-refractivity contribution in [3.05, 3.63) is 17.7 Å². The summed E-state index contributed by atoms with van der Waals surface area (Å²) in [4.78, 5) is 11.7. The number of nitrogens with one attached hydrogen (secondary N) is 1. The predicted octanol–water partition coefficient (Wildman–Crippen LogP) is 1.75. The van der Waals surface area contributed by atoms with Gasteiger partial charge in [0, 0.05) is 12.1 Å². The average Bonchev–Trinajstić information content (AvgIpc) is 2.50. The van der Waals surface area contributed by atoms with Gasteiger partial charge < -0.3 is 18.9 Å². The Morgan fingerprint density at radius 2 is 1.67 bits per heavy atom. The molecule has 0 unspecified atom stereocenters. The van der Waals surface area contributed by atoms with Crippen LogP contribution in [0, 0.1) is 0 Å². The Kier molecular flexibility index (Phi) is 5.84. The molecule has 1 aromatic carbocycles. The van der Waals surface area contributed by atoms with Crippen LogP contribution in [0.4, 0.5) is 0 Å². The molecule has 0 heterocycles. The fourth-order valence-electron chi connectivity index (χ4n) is 1.95. The molecule has 0 radical (unpaired) electrons. The summed E-state index contributed by atoms with van der Waals surface area (Å²) >= 11 is 0. The van der Waals surface area contributed by atoms with Gasteiger partial charge in [-0.3, -0.25) is 10.1 Å². The number of methoxy groups -OCH3 is 4. The van der Waals surface area contributed by atoms with Crippen molar-refractivity contribution in [2.75, 3.05) is 28.4 Å². The molecule has 0 aliphatic heterocycles. The first kappa shape index (κ1) is 17.1. The molecule has 0 aliphatic rings. The monoisotopic (exact) mass is 297 g/mol. The average molecular weight is 297 g/mol. The molecule has 0 aromatic heterocycles.